The highest BCUT2D eigenvalue weighted by Gasteiger charge is 2.29. The number of morpholine rings is 1. The second-order valence-corrected chi connectivity index (χ2v) is 13.4. The molecule has 4 fully saturated rings. The first kappa shape index (κ1) is 31.2. The summed E-state index contributed by atoms with van der Waals surface area (Å²) in [5.74, 6) is 0.815. The van der Waals surface area contributed by atoms with E-state index in [2.05, 4.69) is 41.4 Å². The van der Waals surface area contributed by atoms with E-state index in [9.17, 15) is 9.59 Å². The molecule has 0 bridgehead atoms. The molecule has 3 aliphatic heterocycles. The van der Waals surface area contributed by atoms with E-state index in [0.717, 1.165) is 102 Å². The van der Waals surface area contributed by atoms with Crippen LogP contribution < -0.4 is 21.1 Å². The average molecular weight is 630 g/mol. The molecule has 0 unspecified atom stereocenters. The molecule has 0 aromatic carbocycles. The van der Waals surface area contributed by atoms with Gasteiger partial charge in [-0.2, -0.15) is 4.98 Å². The number of nitrogens with one attached hydrogen (secondary N) is 2. The summed E-state index contributed by atoms with van der Waals surface area (Å²) in [4.78, 5) is 47.6. The van der Waals surface area contributed by atoms with Gasteiger partial charge in [0.05, 0.1) is 30.2 Å². The van der Waals surface area contributed by atoms with Gasteiger partial charge in [-0.15, -0.1) is 0 Å². The summed E-state index contributed by atoms with van der Waals surface area (Å²) in [6, 6.07) is 4.77. The number of rotatable bonds is 8. The molecular formula is C34H47N9O3. The molecule has 3 aromatic rings. The second kappa shape index (κ2) is 13.7. The summed E-state index contributed by atoms with van der Waals surface area (Å²) >= 11 is 0. The number of hydrogen-bond donors (Lipinski definition) is 2. The van der Waals surface area contributed by atoms with Crippen LogP contribution in [0, 0.1) is 6.92 Å². The van der Waals surface area contributed by atoms with Crippen molar-refractivity contribution in [3.8, 4) is 0 Å². The van der Waals surface area contributed by atoms with Crippen molar-refractivity contribution >= 4 is 34.3 Å². The van der Waals surface area contributed by atoms with Gasteiger partial charge in [-0.1, -0.05) is 12.8 Å². The number of aromatic nitrogens is 4. The summed E-state index contributed by atoms with van der Waals surface area (Å²) in [7, 11) is 0. The summed E-state index contributed by atoms with van der Waals surface area (Å²) in [5.41, 5.74) is 2.33. The van der Waals surface area contributed by atoms with Gasteiger partial charge in [0.2, 0.25) is 5.95 Å². The number of pyridine rings is 2. The zero-order valence-corrected chi connectivity index (χ0v) is 27.2. The van der Waals surface area contributed by atoms with Crippen LogP contribution in [0.3, 0.4) is 0 Å². The maximum Gasteiger partial charge on any atom is 0.263 e. The maximum absolute atomic E-state index is 13.5. The molecule has 1 saturated carbocycles. The summed E-state index contributed by atoms with van der Waals surface area (Å²) in [6.45, 7) is 13.5. The highest BCUT2D eigenvalue weighted by Crippen LogP contribution is 2.32. The van der Waals surface area contributed by atoms with Gasteiger partial charge in [0.25, 0.3) is 5.56 Å². The second-order valence-electron chi connectivity index (χ2n) is 13.4. The standard InChI is InChI=1S/C34H47N9O3/c1-23-29-21-37-34(39-32(29)43(26-5-3-4-6-26)33(45)31(23)24(2)44)38-30-8-7-27(19-36-30)42-16-14-41(15-17-42)25-9-12-40(13-10-25)22-28-20-35-11-18-46-28/h7-8,19,21,25-26,28,35H,3-6,9-18,20,22H2,1-2H3,(H,36,37,38,39)/t28-/m1/s1. The number of anilines is 3. The molecule has 46 heavy (non-hydrogen) atoms. The van der Waals surface area contributed by atoms with Crippen LogP contribution in [0.15, 0.2) is 29.3 Å². The first-order chi connectivity index (χ1) is 22.4. The zero-order valence-electron chi connectivity index (χ0n) is 27.2. The molecule has 2 N–H and O–H groups in total. The minimum atomic E-state index is -0.246. The number of hydrogen-bond acceptors (Lipinski definition) is 11. The zero-order chi connectivity index (χ0) is 31.6. The quantitative estimate of drug-likeness (QED) is 0.358. The van der Waals surface area contributed by atoms with Crippen LogP contribution in [-0.2, 0) is 4.74 Å². The summed E-state index contributed by atoms with van der Waals surface area (Å²) < 4.78 is 7.65. The van der Waals surface area contributed by atoms with Crippen molar-refractivity contribution < 1.29 is 9.53 Å². The van der Waals surface area contributed by atoms with Gasteiger partial charge < -0.3 is 25.2 Å². The number of carbonyl (C=O) groups excluding carboxylic acids is 1. The fourth-order valence-corrected chi connectivity index (χ4v) is 7.91. The topological polar surface area (TPSA) is 121 Å². The monoisotopic (exact) mass is 629 g/mol. The number of fused-ring (bicyclic) bond motifs is 1. The minimum absolute atomic E-state index is 0.0428. The molecule has 1 aliphatic carbocycles. The summed E-state index contributed by atoms with van der Waals surface area (Å²) in [6.07, 6.45) is 10.4. The Bertz CT molecular complexity index is 1580. The fourth-order valence-electron chi connectivity index (χ4n) is 7.91. The SMILES string of the molecule is CC(=O)c1c(C)c2cnc(Nc3ccc(N4CCN(C5CCN(C[C@H]6CNCCO6)CC5)CC4)cn3)nc2n(C2CCCC2)c1=O. The van der Waals surface area contributed by atoms with Gasteiger partial charge in [0.15, 0.2) is 5.78 Å². The normalized spacial score (nSPS) is 22.5. The van der Waals surface area contributed by atoms with Gasteiger partial charge in [-0.05, 0) is 70.3 Å². The molecule has 0 spiro atoms. The molecule has 3 aromatic heterocycles. The van der Waals surface area contributed by atoms with E-state index in [1.807, 2.05) is 19.2 Å². The number of likely N-dealkylation sites (tertiary alicyclic amines) is 1. The van der Waals surface area contributed by atoms with Gasteiger partial charge >= 0.3 is 0 Å². The third-order valence-corrected chi connectivity index (χ3v) is 10.5. The molecule has 12 heteroatoms. The van der Waals surface area contributed by atoms with Gasteiger partial charge in [0, 0.05) is 69.5 Å². The van der Waals surface area contributed by atoms with Crippen LogP contribution >= 0.6 is 0 Å². The van der Waals surface area contributed by atoms with Crippen molar-refractivity contribution in [1.29, 1.82) is 0 Å². The maximum atomic E-state index is 13.5. The Morgan fingerprint density at radius 3 is 2.46 bits per heavy atom. The molecule has 12 nitrogen and oxygen atoms in total. The Kier molecular flexibility index (Phi) is 9.30. The van der Waals surface area contributed by atoms with Crippen molar-refractivity contribution in [3.63, 3.8) is 0 Å². The number of Topliss-reactive ketones (excluding diaryl/α,β-unsaturated/α-hetero) is 1. The molecule has 6 heterocycles. The van der Waals surface area contributed by atoms with Gasteiger partial charge in [-0.3, -0.25) is 19.1 Å². The number of aryl methyl sites for hydroxylation is 1. The number of piperazine rings is 1. The Morgan fingerprint density at radius 2 is 1.78 bits per heavy atom. The third-order valence-electron chi connectivity index (χ3n) is 10.5. The van der Waals surface area contributed by atoms with Crippen LogP contribution in [0.1, 0.15) is 67.4 Å². The van der Waals surface area contributed by atoms with Crippen LogP contribution in [0.25, 0.3) is 11.0 Å². The highest BCUT2D eigenvalue weighted by molar-refractivity contribution is 5.99. The fraction of sp³-hybridized carbons (Fsp3) is 0.618. The summed E-state index contributed by atoms with van der Waals surface area (Å²) in [5, 5.41) is 7.42. The predicted molar refractivity (Wildman–Crippen MR) is 179 cm³/mol. The Hall–Kier alpha value is -3.45. The van der Waals surface area contributed by atoms with Crippen molar-refractivity contribution in [3.05, 3.63) is 46.0 Å². The van der Waals surface area contributed by atoms with E-state index < -0.39 is 0 Å². The van der Waals surface area contributed by atoms with E-state index in [-0.39, 0.29) is 22.9 Å². The number of ether oxygens (including phenoxy) is 1. The van der Waals surface area contributed by atoms with Crippen molar-refractivity contribution in [2.75, 3.05) is 75.7 Å². The minimum Gasteiger partial charge on any atom is -0.374 e. The van der Waals surface area contributed by atoms with E-state index >= 15 is 0 Å². The number of ketones is 1. The van der Waals surface area contributed by atoms with Gasteiger partial charge in [0.1, 0.15) is 11.5 Å². The number of carbonyl (C=O) groups is 1. The Balaban J connectivity index is 0.968. The van der Waals surface area contributed by atoms with Crippen molar-refractivity contribution in [1.82, 2.24) is 34.6 Å². The lowest BCUT2D eigenvalue weighted by atomic mass is 10.0. The number of nitrogens with zero attached hydrogens (tertiary/aromatic N) is 7. The Labute approximate surface area is 270 Å². The number of piperidine rings is 1. The van der Waals surface area contributed by atoms with Crippen LogP contribution in [0.2, 0.25) is 0 Å². The van der Waals surface area contributed by atoms with E-state index in [4.69, 9.17) is 9.72 Å². The largest absolute Gasteiger partial charge is 0.374 e. The molecule has 4 aliphatic rings. The first-order valence-electron chi connectivity index (χ1n) is 17.1. The Morgan fingerprint density at radius 1 is 1.00 bits per heavy atom. The first-order valence-corrected chi connectivity index (χ1v) is 17.1. The van der Waals surface area contributed by atoms with E-state index in [1.54, 1.807) is 10.8 Å². The van der Waals surface area contributed by atoms with Crippen molar-refractivity contribution in [2.45, 2.75) is 70.6 Å². The lowest BCUT2D eigenvalue weighted by Gasteiger charge is -2.43. The lowest BCUT2D eigenvalue weighted by Crippen LogP contribution is -2.54. The van der Waals surface area contributed by atoms with Gasteiger partial charge in [-0.25, -0.2) is 9.97 Å². The smallest absolute Gasteiger partial charge is 0.263 e. The molecule has 0 radical (unpaired) electrons. The van der Waals surface area contributed by atoms with Crippen molar-refractivity contribution in [2.24, 2.45) is 0 Å². The molecule has 0 amide bonds. The molecular weight excluding hydrogens is 582 g/mol. The van der Waals surface area contributed by atoms with Crippen LogP contribution in [0.5, 0.6) is 0 Å². The highest BCUT2D eigenvalue weighted by atomic mass is 16.5. The molecule has 3 saturated heterocycles. The molecule has 7 rings (SSSR count). The average Bonchev–Trinajstić information content (AvgIpc) is 3.61. The predicted octanol–water partition coefficient (Wildman–Crippen LogP) is 3.13. The van der Waals surface area contributed by atoms with E-state index in [0.29, 0.717) is 35.1 Å². The lowest BCUT2D eigenvalue weighted by molar-refractivity contribution is -0.00421. The van der Waals surface area contributed by atoms with Crippen LogP contribution in [-0.4, -0.2) is 113 Å². The molecule has 246 valence electrons. The van der Waals surface area contributed by atoms with Crippen LogP contribution in [0.4, 0.5) is 17.5 Å². The van der Waals surface area contributed by atoms with E-state index in [1.165, 1.54) is 19.8 Å². The molecule has 1 atom stereocenters. The third kappa shape index (κ3) is 6.53.